The summed E-state index contributed by atoms with van der Waals surface area (Å²) in [6, 6.07) is 1.95. The van der Waals surface area contributed by atoms with Crippen LogP contribution in [0.2, 0.25) is 5.02 Å². The van der Waals surface area contributed by atoms with Crippen molar-refractivity contribution >= 4 is 11.6 Å². The lowest BCUT2D eigenvalue weighted by atomic mass is 10.0. The number of nitrogens with two attached hydrogens (primary N) is 1. The standard InChI is InChI=1S/C10H12ClNO2/c1-6-7(2-3-12)4-8-10(9(6)11)14-5-13-8/h4H,2-3,5,12H2,1H3. The van der Waals surface area contributed by atoms with E-state index in [4.69, 9.17) is 26.8 Å². The van der Waals surface area contributed by atoms with Crippen LogP contribution in [0.1, 0.15) is 11.1 Å². The third-order valence-corrected chi connectivity index (χ3v) is 2.83. The maximum atomic E-state index is 6.13. The van der Waals surface area contributed by atoms with E-state index in [9.17, 15) is 0 Å². The SMILES string of the molecule is Cc1c(CCN)cc2c(c1Cl)OCO2. The van der Waals surface area contributed by atoms with E-state index in [2.05, 4.69) is 0 Å². The summed E-state index contributed by atoms with van der Waals surface area (Å²) in [5, 5.41) is 0.642. The predicted octanol–water partition coefficient (Wildman–Crippen LogP) is 1.88. The Morgan fingerprint density at radius 2 is 2.29 bits per heavy atom. The predicted molar refractivity (Wildman–Crippen MR) is 55.1 cm³/mol. The largest absolute Gasteiger partial charge is 0.454 e. The summed E-state index contributed by atoms with van der Waals surface area (Å²) in [6.07, 6.45) is 0.808. The molecular formula is C10H12ClNO2. The van der Waals surface area contributed by atoms with Crippen molar-refractivity contribution in [2.75, 3.05) is 13.3 Å². The highest BCUT2D eigenvalue weighted by Gasteiger charge is 2.20. The van der Waals surface area contributed by atoms with E-state index < -0.39 is 0 Å². The van der Waals surface area contributed by atoms with E-state index in [0.29, 0.717) is 17.3 Å². The van der Waals surface area contributed by atoms with E-state index in [1.54, 1.807) is 0 Å². The van der Waals surface area contributed by atoms with Crippen molar-refractivity contribution < 1.29 is 9.47 Å². The topological polar surface area (TPSA) is 44.5 Å². The number of hydrogen-bond donors (Lipinski definition) is 1. The molecule has 4 heteroatoms. The second kappa shape index (κ2) is 3.67. The van der Waals surface area contributed by atoms with Gasteiger partial charge in [-0.15, -0.1) is 0 Å². The minimum absolute atomic E-state index is 0.251. The van der Waals surface area contributed by atoms with Crippen LogP contribution in [0.3, 0.4) is 0 Å². The number of ether oxygens (including phenoxy) is 2. The van der Waals surface area contributed by atoms with Gasteiger partial charge < -0.3 is 15.2 Å². The van der Waals surface area contributed by atoms with Crippen molar-refractivity contribution in [1.29, 1.82) is 0 Å². The molecule has 0 aromatic heterocycles. The zero-order valence-corrected chi connectivity index (χ0v) is 8.73. The second-order valence-corrected chi connectivity index (χ2v) is 3.63. The summed E-state index contributed by atoms with van der Waals surface area (Å²) in [4.78, 5) is 0. The molecule has 0 fully saturated rings. The van der Waals surface area contributed by atoms with Crippen molar-refractivity contribution in [1.82, 2.24) is 0 Å². The molecule has 0 bridgehead atoms. The van der Waals surface area contributed by atoms with Crippen molar-refractivity contribution in [3.63, 3.8) is 0 Å². The molecule has 0 saturated carbocycles. The summed E-state index contributed by atoms with van der Waals surface area (Å²) < 4.78 is 10.5. The van der Waals surface area contributed by atoms with E-state index >= 15 is 0 Å². The molecule has 14 heavy (non-hydrogen) atoms. The maximum absolute atomic E-state index is 6.13. The fourth-order valence-electron chi connectivity index (χ4n) is 1.56. The summed E-state index contributed by atoms with van der Waals surface area (Å²) in [7, 11) is 0. The molecule has 1 aliphatic rings. The molecule has 1 aliphatic heterocycles. The van der Waals surface area contributed by atoms with Gasteiger partial charge in [0.1, 0.15) is 0 Å². The van der Waals surface area contributed by atoms with Crippen LogP contribution in [0.4, 0.5) is 0 Å². The average Bonchev–Trinajstić information content (AvgIpc) is 2.62. The van der Waals surface area contributed by atoms with Gasteiger partial charge in [0.15, 0.2) is 11.5 Å². The van der Waals surface area contributed by atoms with Crippen LogP contribution in [0, 0.1) is 6.92 Å². The highest BCUT2D eigenvalue weighted by Crippen LogP contribution is 2.42. The van der Waals surface area contributed by atoms with Gasteiger partial charge in [-0.1, -0.05) is 11.6 Å². The Morgan fingerprint density at radius 3 is 3.00 bits per heavy atom. The fourth-order valence-corrected chi connectivity index (χ4v) is 1.83. The molecule has 0 unspecified atom stereocenters. The number of rotatable bonds is 2. The third-order valence-electron chi connectivity index (χ3n) is 2.37. The first kappa shape index (κ1) is 9.62. The van der Waals surface area contributed by atoms with Gasteiger partial charge in [0.05, 0.1) is 5.02 Å². The zero-order chi connectivity index (χ0) is 10.1. The molecule has 0 atom stereocenters. The zero-order valence-electron chi connectivity index (χ0n) is 7.97. The molecule has 0 radical (unpaired) electrons. The lowest BCUT2D eigenvalue weighted by Crippen LogP contribution is -2.04. The van der Waals surface area contributed by atoms with E-state index in [-0.39, 0.29) is 6.79 Å². The van der Waals surface area contributed by atoms with Crippen molar-refractivity contribution in [3.05, 3.63) is 22.2 Å². The second-order valence-electron chi connectivity index (χ2n) is 3.25. The van der Waals surface area contributed by atoms with Crippen molar-refractivity contribution in [2.24, 2.45) is 5.73 Å². The number of benzene rings is 1. The molecule has 76 valence electrons. The normalized spacial score (nSPS) is 13.4. The third kappa shape index (κ3) is 1.42. The van der Waals surface area contributed by atoms with Gasteiger partial charge in [-0.25, -0.2) is 0 Å². The average molecular weight is 214 g/mol. The molecule has 2 N–H and O–H groups in total. The highest BCUT2D eigenvalue weighted by atomic mass is 35.5. The smallest absolute Gasteiger partial charge is 0.231 e. The molecule has 1 aromatic rings. The van der Waals surface area contributed by atoms with E-state index in [1.165, 1.54) is 0 Å². The summed E-state index contributed by atoms with van der Waals surface area (Å²) in [5.74, 6) is 1.38. The van der Waals surface area contributed by atoms with Gasteiger partial charge >= 0.3 is 0 Å². The lowest BCUT2D eigenvalue weighted by Gasteiger charge is -2.08. The molecule has 0 aliphatic carbocycles. The molecule has 1 heterocycles. The van der Waals surface area contributed by atoms with Gasteiger partial charge in [0, 0.05) is 0 Å². The molecule has 1 aromatic carbocycles. The molecule has 0 amide bonds. The van der Waals surface area contributed by atoms with Crippen molar-refractivity contribution in [3.8, 4) is 11.5 Å². The molecule has 3 nitrogen and oxygen atoms in total. The highest BCUT2D eigenvalue weighted by molar-refractivity contribution is 6.33. The summed E-state index contributed by atoms with van der Waals surface area (Å²) in [5.41, 5.74) is 7.67. The number of halogens is 1. The van der Waals surface area contributed by atoms with Crippen LogP contribution in [-0.2, 0) is 6.42 Å². The maximum Gasteiger partial charge on any atom is 0.231 e. The Balaban J connectivity index is 2.49. The fraction of sp³-hybridized carbons (Fsp3) is 0.400. The Hall–Kier alpha value is -0.930. The first-order valence-electron chi connectivity index (χ1n) is 4.51. The Bertz CT molecular complexity index is 366. The van der Waals surface area contributed by atoms with Crippen LogP contribution in [-0.4, -0.2) is 13.3 Å². The monoisotopic (exact) mass is 213 g/mol. The first-order chi connectivity index (χ1) is 6.74. The Morgan fingerprint density at radius 1 is 1.50 bits per heavy atom. The number of hydrogen-bond acceptors (Lipinski definition) is 3. The lowest BCUT2D eigenvalue weighted by molar-refractivity contribution is 0.174. The quantitative estimate of drug-likeness (QED) is 0.816. The first-order valence-corrected chi connectivity index (χ1v) is 4.89. The Kier molecular flexibility index (Phi) is 2.52. The molecule has 0 saturated heterocycles. The van der Waals surface area contributed by atoms with Crippen LogP contribution in [0.5, 0.6) is 11.5 Å². The minimum Gasteiger partial charge on any atom is -0.454 e. The molecule has 0 spiro atoms. The van der Waals surface area contributed by atoms with Crippen LogP contribution < -0.4 is 15.2 Å². The summed E-state index contributed by atoms with van der Waals surface area (Å²) in [6.45, 7) is 2.83. The number of fused-ring (bicyclic) bond motifs is 1. The van der Waals surface area contributed by atoms with Gasteiger partial charge in [0.25, 0.3) is 0 Å². The van der Waals surface area contributed by atoms with Gasteiger partial charge in [-0.2, -0.15) is 0 Å². The summed E-state index contributed by atoms with van der Waals surface area (Å²) >= 11 is 6.13. The van der Waals surface area contributed by atoms with E-state index in [1.807, 2.05) is 13.0 Å². The van der Waals surface area contributed by atoms with Crippen LogP contribution >= 0.6 is 11.6 Å². The van der Waals surface area contributed by atoms with Gasteiger partial charge in [-0.05, 0) is 37.1 Å². The van der Waals surface area contributed by atoms with Crippen LogP contribution in [0.15, 0.2) is 6.07 Å². The van der Waals surface area contributed by atoms with E-state index in [0.717, 1.165) is 23.3 Å². The van der Waals surface area contributed by atoms with Crippen molar-refractivity contribution in [2.45, 2.75) is 13.3 Å². The van der Waals surface area contributed by atoms with Gasteiger partial charge in [0.2, 0.25) is 6.79 Å². The van der Waals surface area contributed by atoms with Crippen LogP contribution in [0.25, 0.3) is 0 Å². The van der Waals surface area contributed by atoms with Gasteiger partial charge in [-0.3, -0.25) is 0 Å². The Labute approximate surface area is 87.8 Å². The molecule has 2 rings (SSSR count). The molecular weight excluding hydrogens is 202 g/mol. The minimum atomic E-state index is 0.251.